The number of thiol groups is 1. The van der Waals surface area contributed by atoms with Crippen LogP contribution in [0.2, 0.25) is 0 Å². The number of alkyl halides is 1. The van der Waals surface area contributed by atoms with Crippen molar-refractivity contribution >= 4 is 36.0 Å². The molecule has 4 nitrogen and oxygen atoms in total. The molecule has 3 rings (SSSR count). The minimum atomic E-state index is -0.964. The van der Waals surface area contributed by atoms with E-state index < -0.39 is 11.2 Å². The quantitative estimate of drug-likeness (QED) is 0.457. The van der Waals surface area contributed by atoms with Gasteiger partial charge in [-0.25, -0.2) is 4.79 Å². The number of aryl methyl sites for hydroxylation is 1. The van der Waals surface area contributed by atoms with Crippen molar-refractivity contribution < 1.29 is 14.3 Å². The van der Waals surface area contributed by atoms with Crippen LogP contribution in [0, 0.1) is 6.92 Å². The molecule has 0 saturated heterocycles. The molecule has 0 saturated carbocycles. The highest BCUT2D eigenvalue weighted by Gasteiger charge is 2.30. The van der Waals surface area contributed by atoms with Crippen molar-refractivity contribution in [1.29, 1.82) is 0 Å². The van der Waals surface area contributed by atoms with Gasteiger partial charge < -0.3 is 9.47 Å². The van der Waals surface area contributed by atoms with Gasteiger partial charge in [-0.2, -0.15) is 17.6 Å². The molecule has 0 fully saturated rings. The van der Waals surface area contributed by atoms with Crippen molar-refractivity contribution in [2.75, 3.05) is 19.0 Å². The number of benzene rings is 1. The number of unbranched alkanes of at least 4 members (excludes halogenated alkanes) is 1. The molecule has 1 atom stereocenters. The van der Waals surface area contributed by atoms with E-state index in [1.165, 1.54) is 5.56 Å². The van der Waals surface area contributed by atoms with E-state index in [2.05, 4.69) is 36.7 Å². The van der Waals surface area contributed by atoms with Gasteiger partial charge in [0.2, 0.25) is 0 Å². The Morgan fingerprint density at radius 3 is 2.72 bits per heavy atom. The predicted molar refractivity (Wildman–Crippen MR) is 105 cm³/mol. The largest absolute Gasteiger partial charge is 0.443 e. The summed E-state index contributed by atoms with van der Waals surface area (Å²) in [6.07, 6.45) is 6.45. The summed E-state index contributed by atoms with van der Waals surface area (Å²) in [6, 6.07) is 10.3. The zero-order valence-corrected chi connectivity index (χ0v) is 15.8. The number of cyclic esters (lactones) is 1. The zero-order chi connectivity index (χ0) is 18.1. The second-order valence-electron chi connectivity index (χ2n) is 5.69. The number of ether oxygens (including phenoxy) is 2. The van der Waals surface area contributed by atoms with Gasteiger partial charge in [-0.1, -0.05) is 47.5 Å². The van der Waals surface area contributed by atoms with E-state index in [4.69, 9.17) is 21.1 Å². The first-order chi connectivity index (χ1) is 12.0. The molecule has 1 heterocycles. The van der Waals surface area contributed by atoms with E-state index in [1.54, 1.807) is 18.2 Å². The molecule has 0 spiro atoms. The molecular formula is C19H22ClNO3S. The Kier molecular flexibility index (Phi) is 7.75. The van der Waals surface area contributed by atoms with Gasteiger partial charge in [0.1, 0.15) is 6.61 Å². The molecule has 0 bridgehead atoms. The summed E-state index contributed by atoms with van der Waals surface area (Å²) in [5.41, 5.74) is 2.70. The summed E-state index contributed by atoms with van der Waals surface area (Å²) in [4.78, 5) is 14.7. The molecule has 1 aliphatic carbocycles. The lowest BCUT2D eigenvalue weighted by molar-refractivity contribution is 0.0825. The Balaban J connectivity index is 0.000000269. The molecule has 1 unspecified atom stereocenters. The van der Waals surface area contributed by atoms with Crippen molar-refractivity contribution in [3.05, 3.63) is 59.7 Å². The van der Waals surface area contributed by atoms with Crippen LogP contribution in [0.1, 0.15) is 18.4 Å². The fourth-order valence-corrected chi connectivity index (χ4v) is 2.72. The number of allylic oxidation sites excluding steroid dienone is 1. The van der Waals surface area contributed by atoms with E-state index in [0.717, 1.165) is 24.2 Å². The van der Waals surface area contributed by atoms with Crippen LogP contribution in [0.3, 0.4) is 0 Å². The first kappa shape index (κ1) is 19.8. The van der Waals surface area contributed by atoms with E-state index in [1.807, 2.05) is 18.2 Å². The zero-order valence-electron chi connectivity index (χ0n) is 14.2. The summed E-state index contributed by atoms with van der Waals surface area (Å²) < 4.78 is 10.5. The molecule has 1 aromatic carbocycles. The van der Waals surface area contributed by atoms with Crippen molar-refractivity contribution in [3.63, 3.8) is 0 Å². The van der Waals surface area contributed by atoms with E-state index in [-0.39, 0.29) is 6.61 Å². The molecule has 1 amide bonds. The third kappa shape index (κ3) is 6.69. The molecule has 1 aromatic rings. The highest BCUT2D eigenvalue weighted by atomic mass is 35.5. The Morgan fingerprint density at radius 1 is 1.32 bits per heavy atom. The third-order valence-electron chi connectivity index (χ3n) is 3.55. The lowest BCUT2D eigenvalue weighted by atomic mass is 10.0. The van der Waals surface area contributed by atoms with Crippen LogP contribution in [-0.4, -0.2) is 35.8 Å². The highest BCUT2D eigenvalue weighted by molar-refractivity contribution is 7.80. The summed E-state index contributed by atoms with van der Waals surface area (Å²) >= 11 is 10.4. The fourth-order valence-electron chi connectivity index (χ4n) is 2.22. The normalized spacial score (nSPS) is 21.3. The maximum Gasteiger partial charge on any atom is 0.434 e. The van der Waals surface area contributed by atoms with Crippen LogP contribution >= 0.6 is 24.2 Å². The maximum atomic E-state index is 11.0. The fraction of sp³-hybridized carbons (Fsp3) is 0.368. The van der Waals surface area contributed by atoms with Crippen LogP contribution in [0.4, 0.5) is 4.79 Å². The van der Waals surface area contributed by atoms with E-state index in [0.29, 0.717) is 12.3 Å². The molecule has 2 aliphatic rings. The van der Waals surface area contributed by atoms with Crippen LogP contribution in [0.15, 0.2) is 59.1 Å². The molecule has 6 heteroatoms. The lowest BCUT2D eigenvalue weighted by Crippen LogP contribution is -2.29. The smallest absolute Gasteiger partial charge is 0.434 e. The number of carbonyl (C=O) groups is 1. The average molecular weight is 380 g/mol. The predicted octanol–water partition coefficient (Wildman–Crippen LogP) is 4.73. The second-order valence-corrected chi connectivity index (χ2v) is 6.72. The Hall–Kier alpha value is -1.56. The molecule has 134 valence electrons. The number of nitrogens with zero attached hydrogens (tertiary/aromatic N) is 1. The van der Waals surface area contributed by atoms with Gasteiger partial charge in [0.05, 0.1) is 5.71 Å². The number of fused-ring (bicyclic) bond motifs is 1. The van der Waals surface area contributed by atoms with Gasteiger partial charge in [0.15, 0.2) is 5.06 Å². The van der Waals surface area contributed by atoms with Crippen LogP contribution in [-0.2, 0) is 9.47 Å². The van der Waals surface area contributed by atoms with Crippen LogP contribution in [0.5, 0.6) is 0 Å². The summed E-state index contributed by atoms with van der Waals surface area (Å²) in [5, 5.41) is -0.964. The molecular weight excluding hydrogens is 358 g/mol. The van der Waals surface area contributed by atoms with Gasteiger partial charge in [0, 0.05) is 12.2 Å². The topological polar surface area (TPSA) is 47.9 Å². The number of amides is 1. The van der Waals surface area contributed by atoms with Crippen molar-refractivity contribution in [1.82, 2.24) is 0 Å². The Bertz CT molecular complexity index is 673. The summed E-state index contributed by atoms with van der Waals surface area (Å²) in [5.74, 6) is 0.836. The molecule has 1 aliphatic heterocycles. The maximum absolute atomic E-state index is 11.0. The lowest BCUT2D eigenvalue weighted by Gasteiger charge is -2.26. The van der Waals surface area contributed by atoms with E-state index in [9.17, 15) is 4.79 Å². The summed E-state index contributed by atoms with van der Waals surface area (Å²) in [6.45, 7) is 2.83. The van der Waals surface area contributed by atoms with Gasteiger partial charge in [-0.05, 0) is 43.7 Å². The van der Waals surface area contributed by atoms with Crippen molar-refractivity contribution in [3.8, 4) is 0 Å². The molecule has 0 aromatic heterocycles. The Labute approximate surface area is 159 Å². The number of aliphatic imine (C=N–C) groups is 1. The first-order valence-electron chi connectivity index (χ1n) is 8.14. The number of hydrogen-bond acceptors (Lipinski definition) is 4. The number of rotatable bonds is 5. The summed E-state index contributed by atoms with van der Waals surface area (Å²) in [7, 11) is 0. The van der Waals surface area contributed by atoms with Gasteiger partial charge in [0.25, 0.3) is 0 Å². The average Bonchev–Trinajstić information content (AvgIpc) is 2.60. The second kappa shape index (κ2) is 9.80. The first-order valence-corrected chi connectivity index (χ1v) is 9.15. The Morgan fingerprint density at radius 2 is 2.08 bits per heavy atom. The minimum Gasteiger partial charge on any atom is -0.443 e. The van der Waals surface area contributed by atoms with Crippen molar-refractivity contribution in [2.45, 2.75) is 24.8 Å². The molecule has 0 radical (unpaired) electrons. The van der Waals surface area contributed by atoms with Gasteiger partial charge in [-0.15, -0.1) is 0 Å². The molecule has 0 N–H and O–H groups in total. The minimum absolute atomic E-state index is 0.191. The SMILES string of the molecule is Cc1ccccc1.O=C1N=C2C=CC(Cl)(OCCCCS)C=C2CO1. The van der Waals surface area contributed by atoms with Crippen LogP contribution < -0.4 is 0 Å². The van der Waals surface area contributed by atoms with Crippen molar-refractivity contribution in [2.24, 2.45) is 4.99 Å². The van der Waals surface area contributed by atoms with Gasteiger partial charge >= 0.3 is 6.09 Å². The van der Waals surface area contributed by atoms with Gasteiger partial charge in [-0.3, -0.25) is 0 Å². The van der Waals surface area contributed by atoms with Crippen LogP contribution in [0.25, 0.3) is 0 Å². The number of hydrogen-bond donors (Lipinski definition) is 1. The monoisotopic (exact) mass is 379 g/mol. The standard InChI is InChI=1S/C12H14ClNO3S.C7H8/c13-12(17-5-1-2-6-18)4-3-10-9(7-12)8-16-11(15)14-10;1-7-5-3-2-4-6-7/h3-4,7,18H,1-2,5-6,8H2;2-6H,1H3. The third-order valence-corrected chi connectivity index (χ3v) is 4.21. The van der Waals surface area contributed by atoms with E-state index >= 15 is 0 Å². The number of halogens is 1. The number of carbonyl (C=O) groups excluding carboxylic acids is 1. The molecule has 25 heavy (non-hydrogen) atoms. The highest BCUT2D eigenvalue weighted by Crippen LogP contribution is 2.29.